The molecule has 0 bridgehead atoms. The maximum atomic E-state index is 6.04. The topological polar surface area (TPSA) is 34.2 Å². The van der Waals surface area contributed by atoms with E-state index < -0.39 is 0 Å². The number of nitrogens with zero attached hydrogens (tertiary/aromatic N) is 1. The average Bonchev–Trinajstić information content (AvgIpc) is 2.32. The van der Waals surface area contributed by atoms with Gasteiger partial charge in [0.2, 0.25) is 0 Å². The van der Waals surface area contributed by atoms with Crippen molar-refractivity contribution < 1.29 is 4.74 Å². The lowest BCUT2D eigenvalue weighted by atomic mass is 9.92. The standard InChI is InChI=1S/C11H15ClN2O/c12-9-11(4-7-15-8-5-11)14-10-3-1-2-6-13-10/h1-3,6H,4-5,7-9H2,(H,13,14). The van der Waals surface area contributed by atoms with Gasteiger partial charge in [0.1, 0.15) is 5.82 Å². The summed E-state index contributed by atoms with van der Waals surface area (Å²) < 4.78 is 5.35. The van der Waals surface area contributed by atoms with Crippen LogP contribution in [-0.4, -0.2) is 29.6 Å². The molecule has 3 nitrogen and oxygen atoms in total. The van der Waals surface area contributed by atoms with Gasteiger partial charge in [0, 0.05) is 25.3 Å². The van der Waals surface area contributed by atoms with E-state index in [2.05, 4.69) is 10.3 Å². The lowest BCUT2D eigenvalue weighted by Gasteiger charge is -2.36. The van der Waals surface area contributed by atoms with Crippen LogP contribution in [0.4, 0.5) is 5.82 Å². The molecule has 0 unspecified atom stereocenters. The van der Waals surface area contributed by atoms with E-state index in [-0.39, 0.29) is 5.54 Å². The summed E-state index contributed by atoms with van der Waals surface area (Å²) >= 11 is 6.04. The highest BCUT2D eigenvalue weighted by Gasteiger charge is 2.31. The maximum Gasteiger partial charge on any atom is 0.126 e. The van der Waals surface area contributed by atoms with Crippen LogP contribution in [0.15, 0.2) is 24.4 Å². The summed E-state index contributed by atoms with van der Waals surface area (Å²) in [6, 6.07) is 5.84. The van der Waals surface area contributed by atoms with Crippen LogP contribution >= 0.6 is 11.6 Å². The molecule has 0 radical (unpaired) electrons. The Morgan fingerprint density at radius 1 is 1.40 bits per heavy atom. The number of halogens is 1. The van der Waals surface area contributed by atoms with Crippen LogP contribution in [0.2, 0.25) is 0 Å². The Morgan fingerprint density at radius 2 is 2.20 bits per heavy atom. The van der Waals surface area contributed by atoms with E-state index in [0.29, 0.717) is 5.88 Å². The molecule has 1 fully saturated rings. The number of nitrogens with one attached hydrogen (secondary N) is 1. The predicted molar refractivity (Wildman–Crippen MR) is 61.4 cm³/mol. The molecule has 0 aromatic carbocycles. The van der Waals surface area contributed by atoms with Crippen LogP contribution in [0.1, 0.15) is 12.8 Å². The van der Waals surface area contributed by atoms with E-state index in [0.717, 1.165) is 31.9 Å². The molecule has 0 amide bonds. The maximum absolute atomic E-state index is 6.04. The molecule has 2 rings (SSSR count). The van der Waals surface area contributed by atoms with Gasteiger partial charge in [0.15, 0.2) is 0 Å². The van der Waals surface area contributed by atoms with Crippen molar-refractivity contribution in [2.45, 2.75) is 18.4 Å². The molecule has 1 aromatic heterocycles. The van der Waals surface area contributed by atoms with Crippen molar-refractivity contribution in [3.63, 3.8) is 0 Å². The molecule has 1 aliphatic rings. The van der Waals surface area contributed by atoms with Crippen molar-refractivity contribution >= 4 is 17.4 Å². The Kier molecular flexibility index (Phi) is 3.44. The van der Waals surface area contributed by atoms with Crippen LogP contribution < -0.4 is 5.32 Å². The third kappa shape index (κ3) is 2.61. The fraction of sp³-hybridized carbons (Fsp3) is 0.545. The van der Waals surface area contributed by atoms with Gasteiger partial charge >= 0.3 is 0 Å². The average molecular weight is 227 g/mol. The van der Waals surface area contributed by atoms with Crippen LogP contribution in [0, 0.1) is 0 Å². The molecule has 0 atom stereocenters. The Labute approximate surface area is 94.8 Å². The van der Waals surface area contributed by atoms with Gasteiger partial charge in [-0.2, -0.15) is 0 Å². The molecule has 1 N–H and O–H groups in total. The first-order valence-corrected chi connectivity index (χ1v) is 5.71. The van der Waals surface area contributed by atoms with E-state index in [4.69, 9.17) is 16.3 Å². The monoisotopic (exact) mass is 226 g/mol. The Balaban J connectivity index is 2.07. The van der Waals surface area contributed by atoms with Crippen molar-refractivity contribution in [3.8, 4) is 0 Å². The third-order valence-electron chi connectivity index (χ3n) is 2.76. The number of hydrogen-bond donors (Lipinski definition) is 1. The lowest BCUT2D eigenvalue weighted by Crippen LogP contribution is -2.45. The van der Waals surface area contributed by atoms with Gasteiger partial charge in [-0.25, -0.2) is 4.98 Å². The first-order valence-electron chi connectivity index (χ1n) is 5.18. The van der Waals surface area contributed by atoms with Crippen molar-refractivity contribution in [1.29, 1.82) is 0 Å². The molecule has 15 heavy (non-hydrogen) atoms. The number of alkyl halides is 1. The summed E-state index contributed by atoms with van der Waals surface area (Å²) in [5, 5.41) is 3.42. The first-order chi connectivity index (χ1) is 7.35. The first kappa shape index (κ1) is 10.7. The van der Waals surface area contributed by atoms with Crippen LogP contribution in [-0.2, 0) is 4.74 Å². The van der Waals surface area contributed by atoms with Gasteiger partial charge in [0.05, 0.1) is 5.54 Å². The van der Waals surface area contributed by atoms with Gasteiger partial charge in [0.25, 0.3) is 0 Å². The van der Waals surface area contributed by atoms with Crippen LogP contribution in [0.3, 0.4) is 0 Å². The minimum atomic E-state index is -0.0475. The smallest absolute Gasteiger partial charge is 0.126 e. The van der Waals surface area contributed by atoms with Gasteiger partial charge in [-0.15, -0.1) is 11.6 Å². The molecule has 4 heteroatoms. The number of pyridine rings is 1. The number of aromatic nitrogens is 1. The molecule has 0 aliphatic carbocycles. The second-order valence-corrected chi connectivity index (χ2v) is 4.13. The SMILES string of the molecule is ClCC1(Nc2ccccn2)CCOCC1. The largest absolute Gasteiger partial charge is 0.381 e. The molecule has 1 aromatic rings. The summed E-state index contributed by atoms with van der Waals surface area (Å²) in [6.07, 6.45) is 3.66. The summed E-state index contributed by atoms with van der Waals surface area (Å²) in [5.74, 6) is 1.48. The minimum absolute atomic E-state index is 0.0475. The van der Waals surface area contributed by atoms with Crippen LogP contribution in [0.25, 0.3) is 0 Å². The molecular weight excluding hydrogens is 212 g/mol. The fourth-order valence-corrected chi connectivity index (χ4v) is 2.10. The normalized spacial score (nSPS) is 19.8. The van der Waals surface area contributed by atoms with Crippen molar-refractivity contribution in [3.05, 3.63) is 24.4 Å². The molecule has 82 valence electrons. The van der Waals surface area contributed by atoms with E-state index in [1.807, 2.05) is 18.2 Å². The van der Waals surface area contributed by atoms with Gasteiger partial charge in [-0.3, -0.25) is 0 Å². The molecule has 1 aliphatic heterocycles. The van der Waals surface area contributed by atoms with Gasteiger partial charge in [-0.05, 0) is 25.0 Å². The van der Waals surface area contributed by atoms with Gasteiger partial charge in [-0.1, -0.05) is 6.07 Å². The molecule has 0 spiro atoms. The highest BCUT2D eigenvalue weighted by molar-refractivity contribution is 6.18. The molecule has 2 heterocycles. The van der Waals surface area contributed by atoms with E-state index in [1.54, 1.807) is 6.20 Å². The minimum Gasteiger partial charge on any atom is -0.381 e. The Hall–Kier alpha value is -0.800. The van der Waals surface area contributed by atoms with E-state index >= 15 is 0 Å². The van der Waals surface area contributed by atoms with Crippen LogP contribution in [0.5, 0.6) is 0 Å². The molecule has 1 saturated heterocycles. The molecule has 0 saturated carbocycles. The zero-order chi connectivity index (χ0) is 10.6. The van der Waals surface area contributed by atoms with Crippen molar-refractivity contribution in [2.24, 2.45) is 0 Å². The highest BCUT2D eigenvalue weighted by atomic mass is 35.5. The number of rotatable bonds is 3. The van der Waals surface area contributed by atoms with E-state index in [9.17, 15) is 0 Å². The summed E-state index contributed by atoms with van der Waals surface area (Å²) in [5.41, 5.74) is -0.0475. The third-order valence-corrected chi connectivity index (χ3v) is 3.28. The summed E-state index contributed by atoms with van der Waals surface area (Å²) in [4.78, 5) is 4.26. The summed E-state index contributed by atoms with van der Waals surface area (Å²) in [6.45, 7) is 1.54. The lowest BCUT2D eigenvalue weighted by molar-refractivity contribution is 0.0666. The predicted octanol–water partition coefficient (Wildman–Crippen LogP) is 2.28. The second kappa shape index (κ2) is 4.81. The van der Waals surface area contributed by atoms with Crippen molar-refractivity contribution in [2.75, 3.05) is 24.4 Å². The number of hydrogen-bond acceptors (Lipinski definition) is 3. The molecular formula is C11H15ClN2O. The van der Waals surface area contributed by atoms with Gasteiger partial charge < -0.3 is 10.1 Å². The van der Waals surface area contributed by atoms with E-state index in [1.165, 1.54) is 0 Å². The number of anilines is 1. The zero-order valence-corrected chi connectivity index (χ0v) is 9.33. The summed E-state index contributed by atoms with van der Waals surface area (Å²) in [7, 11) is 0. The quantitative estimate of drug-likeness (QED) is 0.803. The Bertz CT molecular complexity index is 299. The zero-order valence-electron chi connectivity index (χ0n) is 8.58. The fourth-order valence-electron chi connectivity index (χ4n) is 1.76. The van der Waals surface area contributed by atoms with Crippen molar-refractivity contribution in [1.82, 2.24) is 4.98 Å². The Morgan fingerprint density at radius 3 is 2.80 bits per heavy atom. The second-order valence-electron chi connectivity index (χ2n) is 3.87. The highest BCUT2D eigenvalue weighted by Crippen LogP contribution is 2.26. The number of ether oxygens (including phenoxy) is 1.